The van der Waals surface area contributed by atoms with Crippen LogP contribution in [0.15, 0.2) is 34.2 Å². The normalized spacial score (nSPS) is 10.4. The number of thioether (sulfide) groups is 1. The Bertz CT molecular complexity index is 880. The molecule has 0 aliphatic heterocycles. The van der Waals surface area contributed by atoms with Gasteiger partial charge in [0.1, 0.15) is 0 Å². The van der Waals surface area contributed by atoms with Crippen molar-refractivity contribution in [3.05, 3.63) is 34.6 Å². The number of aromatic nitrogens is 2. The van der Waals surface area contributed by atoms with Gasteiger partial charge in [0.25, 0.3) is 5.56 Å². The number of nitrogens with one attached hydrogen (secondary N) is 1. The van der Waals surface area contributed by atoms with Crippen molar-refractivity contribution >= 4 is 40.6 Å². The molecule has 0 radical (unpaired) electrons. The number of para-hydroxylation sites is 1. The van der Waals surface area contributed by atoms with Gasteiger partial charge >= 0.3 is 12.0 Å². The first-order valence-electron chi connectivity index (χ1n) is 7.21. The van der Waals surface area contributed by atoms with Crippen molar-refractivity contribution in [1.82, 2.24) is 14.9 Å². The molecule has 0 bridgehead atoms. The first-order chi connectivity index (χ1) is 11.9. The number of carbonyl (C=O) groups excluding carboxylic acids is 3. The lowest BCUT2D eigenvalue weighted by molar-refractivity contribution is -0.140. The van der Waals surface area contributed by atoms with Crippen LogP contribution in [-0.4, -0.2) is 40.3 Å². The molecule has 0 fully saturated rings. The van der Waals surface area contributed by atoms with E-state index < -0.39 is 17.9 Å². The first-order valence-corrected chi connectivity index (χ1v) is 8.19. The highest BCUT2D eigenvalue weighted by Gasteiger charge is 2.15. The molecule has 25 heavy (non-hydrogen) atoms. The van der Waals surface area contributed by atoms with E-state index in [0.29, 0.717) is 10.9 Å². The fourth-order valence-electron chi connectivity index (χ4n) is 2.06. The molecule has 0 saturated heterocycles. The van der Waals surface area contributed by atoms with Crippen LogP contribution in [0.4, 0.5) is 4.79 Å². The topological polar surface area (TPSA) is 133 Å². The average molecular weight is 364 g/mol. The summed E-state index contributed by atoms with van der Waals surface area (Å²) in [6, 6.07) is 5.80. The summed E-state index contributed by atoms with van der Waals surface area (Å²) in [6.45, 7) is 0.0586. The van der Waals surface area contributed by atoms with Gasteiger partial charge in [-0.2, -0.15) is 0 Å². The maximum atomic E-state index is 12.7. The average Bonchev–Trinajstić information content (AvgIpc) is 2.58. The van der Waals surface area contributed by atoms with Gasteiger partial charge in [-0.15, -0.1) is 0 Å². The summed E-state index contributed by atoms with van der Waals surface area (Å²) in [5.74, 6) is -1.24. The summed E-state index contributed by atoms with van der Waals surface area (Å²) in [4.78, 5) is 50.7. The Hall–Kier alpha value is -2.88. The van der Waals surface area contributed by atoms with Gasteiger partial charge in [0.2, 0.25) is 5.91 Å². The van der Waals surface area contributed by atoms with E-state index in [0.717, 1.165) is 11.8 Å². The highest BCUT2D eigenvalue weighted by Crippen LogP contribution is 2.18. The van der Waals surface area contributed by atoms with Gasteiger partial charge in [0.05, 0.1) is 30.2 Å². The van der Waals surface area contributed by atoms with Crippen molar-refractivity contribution in [2.75, 3.05) is 12.9 Å². The zero-order valence-electron chi connectivity index (χ0n) is 13.4. The predicted octanol–water partition coefficient (Wildman–Crippen LogP) is 0.247. The number of primary amides is 1. The van der Waals surface area contributed by atoms with Gasteiger partial charge < -0.3 is 10.5 Å². The maximum absolute atomic E-state index is 12.7. The Kier molecular flexibility index (Phi) is 6.12. The summed E-state index contributed by atoms with van der Waals surface area (Å²) in [5.41, 5.74) is 5.03. The van der Waals surface area contributed by atoms with Gasteiger partial charge in [-0.1, -0.05) is 23.9 Å². The van der Waals surface area contributed by atoms with E-state index in [1.54, 1.807) is 24.3 Å². The van der Waals surface area contributed by atoms with Crippen molar-refractivity contribution in [3.8, 4) is 0 Å². The molecule has 1 heterocycles. The molecule has 9 nitrogen and oxygen atoms in total. The zero-order valence-corrected chi connectivity index (χ0v) is 14.2. The van der Waals surface area contributed by atoms with Crippen LogP contribution in [0.5, 0.6) is 0 Å². The minimum atomic E-state index is -0.958. The molecule has 3 N–H and O–H groups in total. The summed E-state index contributed by atoms with van der Waals surface area (Å²) in [7, 11) is 1.26. The van der Waals surface area contributed by atoms with Crippen LogP contribution in [0.3, 0.4) is 0 Å². The van der Waals surface area contributed by atoms with Gasteiger partial charge in [0.15, 0.2) is 5.16 Å². The van der Waals surface area contributed by atoms with E-state index >= 15 is 0 Å². The van der Waals surface area contributed by atoms with Crippen molar-refractivity contribution in [1.29, 1.82) is 0 Å². The zero-order chi connectivity index (χ0) is 18.4. The number of ether oxygens (including phenoxy) is 1. The molecule has 0 unspecified atom stereocenters. The molecular formula is C15H16N4O5S. The molecule has 0 atom stereocenters. The van der Waals surface area contributed by atoms with Crippen LogP contribution in [0.2, 0.25) is 0 Å². The molecule has 1 aromatic heterocycles. The Morgan fingerprint density at radius 1 is 1.32 bits per heavy atom. The van der Waals surface area contributed by atoms with E-state index in [2.05, 4.69) is 9.72 Å². The van der Waals surface area contributed by atoms with Gasteiger partial charge in [0, 0.05) is 6.54 Å². The van der Waals surface area contributed by atoms with E-state index in [1.807, 2.05) is 5.32 Å². The third-order valence-electron chi connectivity index (χ3n) is 3.19. The fourth-order valence-corrected chi connectivity index (χ4v) is 2.89. The molecule has 1 aromatic carbocycles. The second-order valence-corrected chi connectivity index (χ2v) is 5.84. The monoisotopic (exact) mass is 364 g/mol. The molecule has 10 heteroatoms. The van der Waals surface area contributed by atoms with Gasteiger partial charge in [-0.3, -0.25) is 24.3 Å². The Morgan fingerprint density at radius 2 is 2.04 bits per heavy atom. The highest BCUT2D eigenvalue weighted by molar-refractivity contribution is 7.99. The standard InChI is InChI=1S/C15H16N4O5S/c1-24-12(21)6-7-19-13(22)9-4-2-3-5-10(9)17-15(19)25-8-11(20)18-14(16)23/h2-5H,6-8H2,1H3,(H3,16,18,20,23). The van der Waals surface area contributed by atoms with Crippen LogP contribution in [0.1, 0.15) is 6.42 Å². The molecule has 3 amide bonds. The number of urea groups is 1. The van der Waals surface area contributed by atoms with E-state index in [-0.39, 0.29) is 29.4 Å². The number of hydrogen-bond donors (Lipinski definition) is 2. The lowest BCUT2D eigenvalue weighted by atomic mass is 10.2. The molecule has 0 saturated carbocycles. The van der Waals surface area contributed by atoms with Crippen LogP contribution in [-0.2, 0) is 20.9 Å². The Balaban J connectivity index is 2.34. The minimum absolute atomic E-state index is 0.0164. The second-order valence-electron chi connectivity index (χ2n) is 4.90. The van der Waals surface area contributed by atoms with E-state index in [9.17, 15) is 19.2 Å². The largest absolute Gasteiger partial charge is 0.469 e. The Morgan fingerprint density at radius 3 is 2.72 bits per heavy atom. The molecule has 0 aliphatic carbocycles. The number of amides is 3. The number of methoxy groups -OCH3 is 1. The quantitative estimate of drug-likeness (QED) is 0.426. The number of nitrogens with two attached hydrogens (primary N) is 1. The predicted molar refractivity (Wildman–Crippen MR) is 91.1 cm³/mol. The lowest BCUT2D eigenvalue weighted by Crippen LogP contribution is -2.36. The number of nitrogens with zero attached hydrogens (tertiary/aromatic N) is 2. The third-order valence-corrected chi connectivity index (χ3v) is 4.17. The molecular weight excluding hydrogens is 348 g/mol. The lowest BCUT2D eigenvalue weighted by Gasteiger charge is -2.12. The number of carbonyl (C=O) groups is 3. The summed E-state index contributed by atoms with van der Waals surface area (Å²) in [6.07, 6.45) is -0.0164. The summed E-state index contributed by atoms with van der Waals surface area (Å²) in [5, 5.41) is 2.59. The van der Waals surface area contributed by atoms with Crippen LogP contribution in [0, 0.1) is 0 Å². The van der Waals surface area contributed by atoms with Gasteiger partial charge in [-0.25, -0.2) is 9.78 Å². The summed E-state index contributed by atoms with van der Waals surface area (Å²) < 4.78 is 5.89. The second kappa shape index (κ2) is 8.29. The van der Waals surface area contributed by atoms with E-state index in [1.165, 1.54) is 11.7 Å². The number of fused-ring (bicyclic) bond motifs is 1. The number of esters is 1. The van der Waals surface area contributed by atoms with Crippen LogP contribution < -0.4 is 16.6 Å². The smallest absolute Gasteiger partial charge is 0.318 e. The van der Waals surface area contributed by atoms with E-state index in [4.69, 9.17) is 5.73 Å². The molecule has 2 rings (SSSR count). The number of hydrogen-bond acceptors (Lipinski definition) is 7. The Labute approximate surface area is 146 Å². The maximum Gasteiger partial charge on any atom is 0.318 e. The molecule has 2 aromatic rings. The van der Waals surface area contributed by atoms with Crippen LogP contribution >= 0.6 is 11.8 Å². The number of imide groups is 1. The molecule has 132 valence electrons. The van der Waals surface area contributed by atoms with Crippen molar-refractivity contribution < 1.29 is 19.1 Å². The van der Waals surface area contributed by atoms with Crippen molar-refractivity contribution in [3.63, 3.8) is 0 Å². The minimum Gasteiger partial charge on any atom is -0.469 e. The molecule has 0 aliphatic rings. The number of benzene rings is 1. The highest BCUT2D eigenvalue weighted by atomic mass is 32.2. The molecule has 0 spiro atoms. The summed E-state index contributed by atoms with van der Waals surface area (Å²) >= 11 is 0.965. The third kappa shape index (κ3) is 4.80. The van der Waals surface area contributed by atoms with Crippen molar-refractivity contribution in [2.24, 2.45) is 5.73 Å². The fraction of sp³-hybridized carbons (Fsp3) is 0.267. The number of rotatable bonds is 6. The first kappa shape index (κ1) is 18.5. The van der Waals surface area contributed by atoms with Crippen LogP contribution in [0.25, 0.3) is 10.9 Å². The van der Waals surface area contributed by atoms with Gasteiger partial charge in [-0.05, 0) is 12.1 Å². The van der Waals surface area contributed by atoms with Crippen molar-refractivity contribution in [2.45, 2.75) is 18.1 Å². The SMILES string of the molecule is COC(=O)CCn1c(SCC(=O)NC(N)=O)nc2ccccc2c1=O.